The van der Waals surface area contributed by atoms with E-state index in [0.29, 0.717) is 24.3 Å². The summed E-state index contributed by atoms with van der Waals surface area (Å²) in [5.74, 6) is 0.721. The van der Waals surface area contributed by atoms with E-state index in [0.717, 1.165) is 6.42 Å². The third-order valence-corrected chi connectivity index (χ3v) is 4.33. The van der Waals surface area contributed by atoms with Crippen LogP contribution in [-0.2, 0) is 4.79 Å². The molecule has 112 valence electrons. The molecule has 0 heterocycles. The Morgan fingerprint density at radius 2 is 2.11 bits per heavy atom. The van der Waals surface area contributed by atoms with Crippen molar-refractivity contribution < 1.29 is 9.90 Å². The van der Waals surface area contributed by atoms with Gasteiger partial charge in [-0.15, -0.1) is 0 Å². The first kappa shape index (κ1) is 16.5. The van der Waals surface area contributed by atoms with Gasteiger partial charge in [0.2, 0.25) is 5.91 Å². The summed E-state index contributed by atoms with van der Waals surface area (Å²) in [6.45, 7) is 9.60. The summed E-state index contributed by atoms with van der Waals surface area (Å²) >= 11 is 0. The van der Waals surface area contributed by atoms with E-state index in [4.69, 9.17) is 5.11 Å². The van der Waals surface area contributed by atoms with Gasteiger partial charge >= 0.3 is 0 Å². The summed E-state index contributed by atoms with van der Waals surface area (Å²) in [7, 11) is 0. The predicted octanol–water partition coefficient (Wildman–Crippen LogP) is 3.12. The van der Waals surface area contributed by atoms with E-state index < -0.39 is 0 Å². The molecule has 3 heteroatoms. The second kappa shape index (κ2) is 6.74. The Hall–Kier alpha value is -0.570. The van der Waals surface area contributed by atoms with Crippen LogP contribution < -0.4 is 5.32 Å². The first-order valence-electron chi connectivity index (χ1n) is 7.62. The number of rotatable bonds is 6. The Labute approximate surface area is 118 Å². The molecular weight excluding hydrogens is 238 g/mol. The number of hydrogen-bond acceptors (Lipinski definition) is 2. The Bertz CT molecular complexity index is 297. The third kappa shape index (κ3) is 6.42. The molecular formula is C16H31NO2. The Balaban J connectivity index is 2.31. The maximum absolute atomic E-state index is 12.0. The summed E-state index contributed by atoms with van der Waals surface area (Å²) in [5.41, 5.74) is 0.385. The highest BCUT2D eigenvalue weighted by atomic mass is 16.3. The molecule has 1 saturated carbocycles. The van der Waals surface area contributed by atoms with Crippen LogP contribution in [-0.4, -0.2) is 24.2 Å². The van der Waals surface area contributed by atoms with E-state index in [1.807, 2.05) is 0 Å². The minimum Gasteiger partial charge on any atom is -0.396 e. The summed E-state index contributed by atoms with van der Waals surface area (Å²) in [6, 6.07) is 0. The molecule has 1 aliphatic rings. The molecule has 1 unspecified atom stereocenters. The number of amides is 1. The molecule has 0 aromatic carbocycles. The van der Waals surface area contributed by atoms with Crippen LogP contribution in [0.25, 0.3) is 0 Å². The maximum Gasteiger partial charge on any atom is 0.220 e. The molecule has 0 saturated heterocycles. The first-order valence-corrected chi connectivity index (χ1v) is 7.62. The molecule has 3 nitrogen and oxygen atoms in total. The van der Waals surface area contributed by atoms with E-state index in [1.165, 1.54) is 25.7 Å². The van der Waals surface area contributed by atoms with Gasteiger partial charge in [-0.05, 0) is 42.4 Å². The number of nitrogens with one attached hydrogen (secondary N) is 1. The highest BCUT2D eigenvalue weighted by Crippen LogP contribution is 2.39. The second-order valence-corrected chi connectivity index (χ2v) is 7.75. The lowest BCUT2D eigenvalue weighted by atomic mass is 9.71. The Kier molecular flexibility index (Phi) is 5.84. The largest absolute Gasteiger partial charge is 0.396 e. The van der Waals surface area contributed by atoms with Gasteiger partial charge in [0.1, 0.15) is 0 Å². The lowest BCUT2D eigenvalue weighted by molar-refractivity contribution is -0.123. The van der Waals surface area contributed by atoms with Gasteiger partial charge in [-0.1, -0.05) is 34.1 Å². The third-order valence-electron chi connectivity index (χ3n) is 4.33. The number of hydrogen-bond donors (Lipinski definition) is 2. The molecule has 1 rings (SSSR count). The van der Waals surface area contributed by atoms with Crippen molar-refractivity contribution in [1.29, 1.82) is 0 Å². The fraction of sp³-hybridized carbons (Fsp3) is 0.938. The van der Waals surface area contributed by atoms with Crippen LogP contribution in [0.2, 0.25) is 0 Å². The average molecular weight is 269 g/mol. The van der Waals surface area contributed by atoms with Crippen molar-refractivity contribution in [1.82, 2.24) is 5.32 Å². The molecule has 0 aromatic rings. The van der Waals surface area contributed by atoms with Crippen LogP contribution in [0.5, 0.6) is 0 Å². The van der Waals surface area contributed by atoms with E-state index >= 15 is 0 Å². The minimum absolute atomic E-state index is 0.0176. The number of aliphatic hydroxyl groups excluding tert-OH is 1. The first-order chi connectivity index (χ1) is 8.74. The van der Waals surface area contributed by atoms with Crippen molar-refractivity contribution >= 4 is 5.91 Å². The maximum atomic E-state index is 12.0. The molecule has 19 heavy (non-hydrogen) atoms. The Morgan fingerprint density at radius 1 is 1.42 bits per heavy atom. The SMILES string of the molecule is CC(C)(CCO)CNC(=O)CC1CCCC(C)(C)C1. The quantitative estimate of drug-likeness (QED) is 0.778. The summed E-state index contributed by atoms with van der Waals surface area (Å²) in [5, 5.41) is 12.0. The number of aliphatic hydroxyl groups is 1. The Morgan fingerprint density at radius 3 is 2.68 bits per heavy atom. The van der Waals surface area contributed by atoms with E-state index in [1.54, 1.807) is 0 Å². The van der Waals surface area contributed by atoms with Gasteiger partial charge in [0.15, 0.2) is 0 Å². The molecule has 1 amide bonds. The van der Waals surface area contributed by atoms with E-state index in [-0.39, 0.29) is 17.9 Å². The fourth-order valence-corrected chi connectivity index (χ4v) is 3.09. The van der Waals surface area contributed by atoms with Crippen LogP contribution in [0.15, 0.2) is 0 Å². The smallest absolute Gasteiger partial charge is 0.220 e. The fourth-order valence-electron chi connectivity index (χ4n) is 3.09. The van der Waals surface area contributed by atoms with Crippen LogP contribution in [0.4, 0.5) is 0 Å². The molecule has 1 fully saturated rings. The molecule has 1 atom stereocenters. The lowest BCUT2D eigenvalue weighted by Gasteiger charge is -2.35. The molecule has 0 spiro atoms. The summed E-state index contributed by atoms with van der Waals surface area (Å²) in [6.07, 6.45) is 6.29. The second-order valence-electron chi connectivity index (χ2n) is 7.75. The molecule has 2 N–H and O–H groups in total. The van der Waals surface area contributed by atoms with Crippen molar-refractivity contribution in [2.45, 2.75) is 66.2 Å². The number of carbonyl (C=O) groups is 1. The van der Waals surface area contributed by atoms with Gasteiger partial charge in [0.25, 0.3) is 0 Å². The standard InChI is InChI=1S/C16H31NO2/c1-15(2)7-5-6-13(11-15)10-14(19)17-12-16(3,4)8-9-18/h13,18H,5-12H2,1-4H3,(H,17,19). The molecule has 0 radical (unpaired) electrons. The van der Waals surface area contributed by atoms with Gasteiger partial charge in [0.05, 0.1) is 0 Å². The zero-order chi connectivity index (χ0) is 14.5. The van der Waals surface area contributed by atoms with Crippen LogP contribution in [0.1, 0.15) is 66.2 Å². The average Bonchev–Trinajstić information content (AvgIpc) is 2.25. The van der Waals surface area contributed by atoms with E-state index in [9.17, 15) is 4.79 Å². The van der Waals surface area contributed by atoms with Crippen LogP contribution in [0, 0.1) is 16.7 Å². The van der Waals surface area contributed by atoms with Gasteiger partial charge in [-0.2, -0.15) is 0 Å². The van der Waals surface area contributed by atoms with Crippen molar-refractivity contribution in [2.75, 3.05) is 13.2 Å². The topological polar surface area (TPSA) is 49.3 Å². The van der Waals surface area contributed by atoms with Crippen LogP contribution in [0.3, 0.4) is 0 Å². The number of carbonyl (C=O) groups excluding carboxylic acids is 1. The molecule has 0 aromatic heterocycles. The van der Waals surface area contributed by atoms with Crippen molar-refractivity contribution in [3.63, 3.8) is 0 Å². The van der Waals surface area contributed by atoms with Gasteiger partial charge in [-0.25, -0.2) is 0 Å². The zero-order valence-electron chi connectivity index (χ0n) is 13.1. The van der Waals surface area contributed by atoms with Crippen LogP contribution >= 0.6 is 0 Å². The molecule has 1 aliphatic carbocycles. The summed E-state index contributed by atoms with van der Waals surface area (Å²) in [4.78, 5) is 12.0. The monoisotopic (exact) mass is 269 g/mol. The zero-order valence-corrected chi connectivity index (χ0v) is 13.1. The normalized spacial score (nSPS) is 23.1. The molecule has 0 bridgehead atoms. The van der Waals surface area contributed by atoms with Gasteiger partial charge in [0, 0.05) is 19.6 Å². The highest BCUT2D eigenvalue weighted by Gasteiger charge is 2.29. The van der Waals surface area contributed by atoms with Crippen molar-refractivity contribution in [3.8, 4) is 0 Å². The van der Waals surface area contributed by atoms with Gasteiger partial charge < -0.3 is 10.4 Å². The minimum atomic E-state index is -0.0176. The van der Waals surface area contributed by atoms with Crippen molar-refractivity contribution in [3.05, 3.63) is 0 Å². The lowest BCUT2D eigenvalue weighted by Crippen LogP contribution is -2.36. The van der Waals surface area contributed by atoms with E-state index in [2.05, 4.69) is 33.0 Å². The van der Waals surface area contributed by atoms with Gasteiger partial charge in [-0.3, -0.25) is 4.79 Å². The summed E-state index contributed by atoms with van der Waals surface area (Å²) < 4.78 is 0. The van der Waals surface area contributed by atoms with Crippen molar-refractivity contribution in [2.24, 2.45) is 16.7 Å². The molecule has 0 aliphatic heterocycles. The predicted molar refractivity (Wildman–Crippen MR) is 78.8 cm³/mol. The highest BCUT2D eigenvalue weighted by molar-refractivity contribution is 5.76.